The van der Waals surface area contributed by atoms with Gasteiger partial charge in [0.25, 0.3) is 5.56 Å². The minimum absolute atomic E-state index is 0.0914. The summed E-state index contributed by atoms with van der Waals surface area (Å²) in [7, 11) is 0. The third kappa shape index (κ3) is 6.03. The molecule has 5 rings (SSSR count). The van der Waals surface area contributed by atoms with Gasteiger partial charge in [0.15, 0.2) is 0 Å². The van der Waals surface area contributed by atoms with Gasteiger partial charge in [-0.3, -0.25) is 14.4 Å². The SMILES string of the molecule is CCn1cccc(CC(=O)N2C[C@H](F)C[C@H]2C(=O)N[C@@H](c2ccccc2)c2ccc(C3CC(F)(F)C3)c(F)n2)c1=O. The van der Waals surface area contributed by atoms with Crippen LogP contribution in [0.1, 0.15) is 60.5 Å². The lowest BCUT2D eigenvalue weighted by atomic mass is 9.77. The van der Waals surface area contributed by atoms with Crippen LogP contribution in [0.5, 0.6) is 0 Å². The Morgan fingerprint density at radius 3 is 2.49 bits per heavy atom. The summed E-state index contributed by atoms with van der Waals surface area (Å²) in [5.41, 5.74) is 0.703. The van der Waals surface area contributed by atoms with E-state index in [0.717, 1.165) is 4.90 Å². The summed E-state index contributed by atoms with van der Waals surface area (Å²) < 4.78 is 57.7. The molecule has 2 amide bonds. The number of carbonyl (C=O) groups is 2. The number of alkyl halides is 3. The molecular weight excluding hydrogens is 540 g/mol. The number of rotatable bonds is 8. The highest BCUT2D eigenvalue weighted by Gasteiger charge is 2.47. The summed E-state index contributed by atoms with van der Waals surface area (Å²) in [5.74, 6) is -5.56. The fourth-order valence-corrected chi connectivity index (χ4v) is 5.56. The van der Waals surface area contributed by atoms with Crippen LogP contribution in [0.25, 0.3) is 0 Å². The number of hydrogen-bond acceptors (Lipinski definition) is 4. The third-order valence-electron chi connectivity index (χ3n) is 7.80. The zero-order chi connectivity index (χ0) is 29.3. The normalized spacial score (nSPS) is 20.9. The molecule has 2 aliphatic rings. The van der Waals surface area contributed by atoms with Crippen molar-refractivity contribution < 1.29 is 27.2 Å². The maximum atomic E-state index is 15.0. The van der Waals surface area contributed by atoms with E-state index >= 15 is 4.39 Å². The Bertz CT molecular complexity index is 1490. The van der Waals surface area contributed by atoms with Crippen molar-refractivity contribution in [3.05, 3.63) is 99.5 Å². The van der Waals surface area contributed by atoms with Crippen LogP contribution >= 0.6 is 0 Å². The molecule has 11 heteroatoms. The molecule has 2 fully saturated rings. The number of likely N-dealkylation sites (tertiary alicyclic amines) is 1. The van der Waals surface area contributed by atoms with E-state index in [1.54, 1.807) is 49.5 Å². The lowest BCUT2D eigenvalue weighted by Gasteiger charge is -2.35. The van der Waals surface area contributed by atoms with Gasteiger partial charge in [-0.25, -0.2) is 18.2 Å². The average Bonchev–Trinajstić information content (AvgIpc) is 3.34. The molecule has 3 aromatic rings. The summed E-state index contributed by atoms with van der Waals surface area (Å²) in [6.07, 6.45) is -1.25. The van der Waals surface area contributed by atoms with E-state index in [1.165, 1.54) is 22.8 Å². The summed E-state index contributed by atoms with van der Waals surface area (Å²) in [6, 6.07) is 12.6. The minimum atomic E-state index is -2.82. The van der Waals surface area contributed by atoms with Crippen LogP contribution in [0.4, 0.5) is 17.6 Å². The van der Waals surface area contributed by atoms with Crippen LogP contribution in [0.15, 0.2) is 65.6 Å². The van der Waals surface area contributed by atoms with Gasteiger partial charge in [-0.05, 0) is 30.5 Å². The van der Waals surface area contributed by atoms with Crippen molar-refractivity contribution in [2.75, 3.05) is 6.54 Å². The predicted molar refractivity (Wildman–Crippen MR) is 143 cm³/mol. The van der Waals surface area contributed by atoms with Crippen LogP contribution in [0.2, 0.25) is 0 Å². The highest BCUT2D eigenvalue weighted by Crippen LogP contribution is 2.48. The molecule has 1 aliphatic carbocycles. The fraction of sp³-hybridized carbons (Fsp3) is 0.400. The van der Waals surface area contributed by atoms with Crippen LogP contribution in [0.3, 0.4) is 0 Å². The van der Waals surface area contributed by atoms with Crippen LogP contribution < -0.4 is 10.9 Å². The average molecular weight is 571 g/mol. The van der Waals surface area contributed by atoms with Crippen molar-refractivity contribution in [1.82, 2.24) is 19.8 Å². The first-order valence-corrected chi connectivity index (χ1v) is 13.6. The van der Waals surface area contributed by atoms with Gasteiger partial charge in [-0.1, -0.05) is 42.5 Å². The first-order chi connectivity index (χ1) is 19.6. The second-order valence-electron chi connectivity index (χ2n) is 10.6. The summed E-state index contributed by atoms with van der Waals surface area (Å²) in [5, 5.41) is 2.79. The van der Waals surface area contributed by atoms with Gasteiger partial charge in [0.05, 0.1) is 24.7 Å². The number of amides is 2. The Balaban J connectivity index is 1.37. The maximum absolute atomic E-state index is 15.0. The number of halogens is 4. The molecule has 3 atom stereocenters. The van der Waals surface area contributed by atoms with Crippen LogP contribution in [-0.4, -0.2) is 50.9 Å². The standard InChI is InChI=1S/C30H30F4N4O3/c1-2-37-12-6-9-19(29(37)41)13-25(39)38-17-21(31)14-24(38)28(40)36-26(18-7-4-3-5-8-18)23-11-10-22(27(32)35-23)20-15-30(33,34)16-20/h3-12,20-21,24,26H,2,13-17H2,1H3,(H,36,40)/t21-,24+,26+/m1/s1. The second-order valence-corrected chi connectivity index (χ2v) is 10.6. The number of aryl methyl sites for hydroxylation is 1. The van der Waals surface area contributed by atoms with Gasteiger partial charge >= 0.3 is 0 Å². The molecular formula is C30H30F4N4O3. The Morgan fingerprint density at radius 1 is 1.10 bits per heavy atom. The number of pyridine rings is 2. The molecule has 1 saturated heterocycles. The Morgan fingerprint density at radius 2 is 1.83 bits per heavy atom. The maximum Gasteiger partial charge on any atom is 0.254 e. The number of carbonyl (C=O) groups excluding carboxylic acids is 2. The molecule has 0 spiro atoms. The predicted octanol–water partition coefficient (Wildman–Crippen LogP) is 4.30. The summed E-state index contributed by atoms with van der Waals surface area (Å²) in [4.78, 5) is 44.5. The number of nitrogens with zero attached hydrogens (tertiary/aromatic N) is 3. The highest BCUT2D eigenvalue weighted by atomic mass is 19.3. The third-order valence-corrected chi connectivity index (χ3v) is 7.80. The van der Waals surface area contributed by atoms with Crippen molar-refractivity contribution in [3.8, 4) is 0 Å². The van der Waals surface area contributed by atoms with Crippen molar-refractivity contribution in [2.24, 2.45) is 0 Å². The second kappa shape index (κ2) is 11.5. The van der Waals surface area contributed by atoms with E-state index in [0.29, 0.717) is 12.1 Å². The van der Waals surface area contributed by atoms with Crippen LogP contribution in [-0.2, 0) is 22.6 Å². The van der Waals surface area contributed by atoms with Crippen molar-refractivity contribution >= 4 is 11.8 Å². The van der Waals surface area contributed by atoms with E-state index in [1.807, 2.05) is 0 Å². The van der Waals surface area contributed by atoms with E-state index in [-0.39, 0.29) is 41.8 Å². The molecule has 41 heavy (non-hydrogen) atoms. The monoisotopic (exact) mass is 570 g/mol. The zero-order valence-electron chi connectivity index (χ0n) is 22.4. The van der Waals surface area contributed by atoms with E-state index < -0.39 is 60.7 Å². The van der Waals surface area contributed by atoms with Crippen LogP contribution in [0, 0.1) is 5.95 Å². The quantitative estimate of drug-likeness (QED) is 0.323. The zero-order valence-corrected chi connectivity index (χ0v) is 22.4. The Labute approximate surface area is 234 Å². The number of nitrogens with one attached hydrogen (secondary N) is 1. The first kappa shape index (κ1) is 28.5. The molecule has 1 aromatic carbocycles. The van der Waals surface area contributed by atoms with Gasteiger partial charge in [0, 0.05) is 43.1 Å². The number of benzene rings is 1. The molecule has 0 radical (unpaired) electrons. The minimum Gasteiger partial charge on any atom is -0.342 e. The topological polar surface area (TPSA) is 84.3 Å². The molecule has 2 aromatic heterocycles. The van der Waals surface area contributed by atoms with Crippen molar-refractivity contribution in [1.29, 1.82) is 0 Å². The summed E-state index contributed by atoms with van der Waals surface area (Å²) >= 11 is 0. The van der Waals surface area contributed by atoms with E-state index in [9.17, 15) is 27.6 Å². The molecule has 1 aliphatic heterocycles. The largest absolute Gasteiger partial charge is 0.342 e. The van der Waals surface area contributed by atoms with Gasteiger partial charge in [0.1, 0.15) is 12.2 Å². The van der Waals surface area contributed by atoms with Gasteiger partial charge in [0.2, 0.25) is 23.7 Å². The van der Waals surface area contributed by atoms with Gasteiger partial charge in [-0.15, -0.1) is 0 Å². The lowest BCUT2D eigenvalue weighted by molar-refractivity contribution is -0.138. The Hall–Kier alpha value is -4.02. The number of hydrogen-bond donors (Lipinski definition) is 1. The molecule has 1 N–H and O–H groups in total. The van der Waals surface area contributed by atoms with Gasteiger partial charge < -0.3 is 14.8 Å². The van der Waals surface area contributed by atoms with E-state index in [2.05, 4.69) is 10.3 Å². The van der Waals surface area contributed by atoms with Gasteiger partial charge in [-0.2, -0.15) is 4.39 Å². The van der Waals surface area contributed by atoms with E-state index in [4.69, 9.17) is 0 Å². The molecule has 3 heterocycles. The smallest absolute Gasteiger partial charge is 0.254 e. The molecule has 7 nitrogen and oxygen atoms in total. The fourth-order valence-electron chi connectivity index (χ4n) is 5.56. The molecule has 0 bridgehead atoms. The molecule has 1 saturated carbocycles. The molecule has 216 valence electrons. The lowest BCUT2D eigenvalue weighted by Crippen LogP contribution is -2.48. The Kier molecular flexibility index (Phi) is 7.97. The molecule has 0 unspecified atom stereocenters. The highest BCUT2D eigenvalue weighted by molar-refractivity contribution is 5.89. The van der Waals surface area contributed by atoms with Crippen molar-refractivity contribution in [3.63, 3.8) is 0 Å². The van der Waals surface area contributed by atoms with Crippen molar-refractivity contribution in [2.45, 2.75) is 69.2 Å². The number of aromatic nitrogens is 2. The summed E-state index contributed by atoms with van der Waals surface area (Å²) in [6.45, 7) is 1.92. The first-order valence-electron chi connectivity index (χ1n) is 13.6.